The first-order valence-corrected chi connectivity index (χ1v) is 6.58. The fraction of sp³-hybridized carbons (Fsp3) is 0.308. The average molecular weight is 344 g/mol. The number of rotatable bonds is 6. The number of carboxylic acids is 1. The Hall–Kier alpha value is -1.89. The summed E-state index contributed by atoms with van der Waals surface area (Å²) in [5.74, 6) is -2.41. The van der Waals surface area contributed by atoms with Gasteiger partial charge in [0.05, 0.1) is 0 Å². The van der Waals surface area contributed by atoms with Crippen molar-refractivity contribution in [1.82, 2.24) is 5.32 Å². The first-order valence-electron chi connectivity index (χ1n) is 5.79. The van der Waals surface area contributed by atoms with E-state index in [-0.39, 0.29) is 6.42 Å². The van der Waals surface area contributed by atoms with Crippen LogP contribution in [-0.4, -0.2) is 35.6 Å². The molecule has 0 aliphatic carbocycles. The highest BCUT2D eigenvalue weighted by atomic mass is 79.9. The standard InChI is InChI=1S/C13H14BrNO5/c1-8(16)20-7-12(17)15-11(13(18)19)6-9-4-2-3-5-10(9)14/h2-5,11H,6-7H2,1H3,(H,15,17)(H,18,19)/t11-/m0/s1. The van der Waals surface area contributed by atoms with Crippen LogP contribution in [0.3, 0.4) is 0 Å². The quantitative estimate of drug-likeness (QED) is 0.755. The minimum Gasteiger partial charge on any atom is -0.480 e. The molecule has 1 rings (SSSR count). The van der Waals surface area contributed by atoms with Crippen LogP contribution in [0.2, 0.25) is 0 Å². The molecule has 0 aliphatic rings. The number of carbonyl (C=O) groups excluding carboxylic acids is 2. The molecule has 0 bridgehead atoms. The van der Waals surface area contributed by atoms with Crippen LogP contribution in [0.5, 0.6) is 0 Å². The molecule has 7 heteroatoms. The van der Waals surface area contributed by atoms with Crippen LogP contribution in [0.15, 0.2) is 28.7 Å². The zero-order chi connectivity index (χ0) is 15.1. The van der Waals surface area contributed by atoms with Gasteiger partial charge in [-0.1, -0.05) is 34.1 Å². The van der Waals surface area contributed by atoms with E-state index in [2.05, 4.69) is 26.0 Å². The van der Waals surface area contributed by atoms with E-state index < -0.39 is 30.5 Å². The lowest BCUT2D eigenvalue weighted by atomic mass is 10.1. The lowest BCUT2D eigenvalue weighted by Gasteiger charge is -2.15. The van der Waals surface area contributed by atoms with Gasteiger partial charge in [-0.3, -0.25) is 9.59 Å². The molecule has 1 aromatic rings. The van der Waals surface area contributed by atoms with Crippen molar-refractivity contribution in [2.45, 2.75) is 19.4 Å². The molecule has 1 amide bonds. The molecular formula is C13H14BrNO5. The lowest BCUT2D eigenvalue weighted by Crippen LogP contribution is -2.44. The van der Waals surface area contributed by atoms with E-state index in [1.54, 1.807) is 18.2 Å². The van der Waals surface area contributed by atoms with Crippen LogP contribution < -0.4 is 5.32 Å². The number of nitrogens with one attached hydrogen (secondary N) is 1. The van der Waals surface area contributed by atoms with Gasteiger partial charge in [0, 0.05) is 17.8 Å². The molecule has 0 saturated heterocycles. The van der Waals surface area contributed by atoms with E-state index in [9.17, 15) is 14.4 Å². The number of amides is 1. The summed E-state index contributed by atoms with van der Waals surface area (Å²) in [6.07, 6.45) is 0.128. The zero-order valence-electron chi connectivity index (χ0n) is 10.8. The maximum absolute atomic E-state index is 11.5. The third kappa shape index (κ3) is 5.40. The van der Waals surface area contributed by atoms with E-state index in [4.69, 9.17) is 5.11 Å². The maximum Gasteiger partial charge on any atom is 0.326 e. The second-order valence-corrected chi connectivity index (χ2v) is 4.89. The Morgan fingerprint density at radius 2 is 2.00 bits per heavy atom. The number of halogens is 1. The molecule has 108 valence electrons. The average Bonchev–Trinajstić information content (AvgIpc) is 2.38. The number of hydrogen-bond donors (Lipinski definition) is 2. The van der Waals surface area contributed by atoms with Crippen LogP contribution >= 0.6 is 15.9 Å². The summed E-state index contributed by atoms with van der Waals surface area (Å²) in [5.41, 5.74) is 0.757. The minimum atomic E-state index is -1.16. The third-order valence-corrected chi connectivity index (χ3v) is 3.20. The van der Waals surface area contributed by atoms with Gasteiger partial charge in [0.1, 0.15) is 6.04 Å². The number of aliphatic carboxylic acids is 1. The summed E-state index contributed by atoms with van der Waals surface area (Å²) in [6.45, 7) is 0.679. The van der Waals surface area contributed by atoms with Crippen molar-refractivity contribution in [2.24, 2.45) is 0 Å². The fourth-order valence-corrected chi connectivity index (χ4v) is 1.93. The van der Waals surface area contributed by atoms with Gasteiger partial charge in [0.25, 0.3) is 5.91 Å². The predicted octanol–water partition coefficient (Wildman–Crippen LogP) is 1.12. The highest BCUT2D eigenvalue weighted by Crippen LogP contribution is 2.17. The van der Waals surface area contributed by atoms with Crippen molar-refractivity contribution in [1.29, 1.82) is 0 Å². The molecule has 0 heterocycles. The van der Waals surface area contributed by atoms with Crippen LogP contribution in [-0.2, 0) is 25.5 Å². The number of esters is 1. The summed E-state index contributed by atoms with van der Waals surface area (Å²) < 4.78 is 5.27. The number of benzene rings is 1. The van der Waals surface area contributed by atoms with Crippen LogP contribution in [0.4, 0.5) is 0 Å². The van der Waals surface area contributed by atoms with Crippen LogP contribution in [0.1, 0.15) is 12.5 Å². The highest BCUT2D eigenvalue weighted by molar-refractivity contribution is 9.10. The second-order valence-electron chi connectivity index (χ2n) is 4.03. The largest absolute Gasteiger partial charge is 0.480 e. The topological polar surface area (TPSA) is 92.7 Å². The maximum atomic E-state index is 11.5. The first kappa shape index (κ1) is 16.2. The van der Waals surface area contributed by atoms with Crippen LogP contribution in [0, 0.1) is 0 Å². The molecule has 0 fully saturated rings. The molecule has 0 spiro atoms. The number of hydrogen-bond acceptors (Lipinski definition) is 4. The van der Waals surface area contributed by atoms with Gasteiger partial charge in [-0.15, -0.1) is 0 Å². The normalized spacial score (nSPS) is 11.5. The predicted molar refractivity (Wildman–Crippen MR) is 74.0 cm³/mol. The summed E-state index contributed by atoms with van der Waals surface area (Å²) in [4.78, 5) is 33.2. The third-order valence-electron chi connectivity index (χ3n) is 2.42. The molecule has 0 aromatic heterocycles. The molecular weight excluding hydrogens is 330 g/mol. The Kier molecular flexibility index (Phi) is 6.17. The van der Waals surface area contributed by atoms with E-state index in [1.165, 1.54) is 6.92 Å². The monoisotopic (exact) mass is 343 g/mol. The smallest absolute Gasteiger partial charge is 0.326 e. The van der Waals surface area contributed by atoms with Crippen molar-refractivity contribution in [3.63, 3.8) is 0 Å². The molecule has 1 atom stereocenters. The minimum absolute atomic E-state index is 0.128. The summed E-state index contributed by atoms with van der Waals surface area (Å²) in [5, 5.41) is 11.4. The number of ether oxygens (including phenoxy) is 1. The van der Waals surface area contributed by atoms with E-state index in [0.717, 1.165) is 10.0 Å². The van der Waals surface area contributed by atoms with Gasteiger partial charge in [0.15, 0.2) is 6.61 Å². The molecule has 0 unspecified atom stereocenters. The van der Waals surface area contributed by atoms with Gasteiger partial charge >= 0.3 is 11.9 Å². The van der Waals surface area contributed by atoms with Crippen molar-refractivity contribution < 1.29 is 24.2 Å². The Balaban J connectivity index is 2.66. The van der Waals surface area contributed by atoms with Crippen LogP contribution in [0.25, 0.3) is 0 Å². The fourth-order valence-electron chi connectivity index (χ4n) is 1.49. The molecule has 0 radical (unpaired) electrons. The van der Waals surface area contributed by atoms with Crippen molar-refractivity contribution in [2.75, 3.05) is 6.61 Å². The van der Waals surface area contributed by atoms with Gasteiger partial charge in [-0.25, -0.2) is 4.79 Å². The SMILES string of the molecule is CC(=O)OCC(=O)N[C@@H](Cc1ccccc1Br)C(=O)O. The van der Waals surface area contributed by atoms with Gasteiger partial charge in [-0.05, 0) is 11.6 Å². The molecule has 6 nitrogen and oxygen atoms in total. The molecule has 0 saturated carbocycles. The Morgan fingerprint density at radius 1 is 1.35 bits per heavy atom. The van der Waals surface area contributed by atoms with Gasteiger partial charge < -0.3 is 15.2 Å². The Bertz CT molecular complexity index is 517. The second kappa shape index (κ2) is 7.64. The number of carboxylic acid groups (broad SMARTS) is 1. The summed E-state index contributed by atoms with van der Waals surface area (Å²) in [7, 11) is 0. The summed E-state index contributed by atoms with van der Waals surface area (Å²) >= 11 is 3.31. The zero-order valence-corrected chi connectivity index (χ0v) is 12.3. The molecule has 0 aliphatic heterocycles. The first-order chi connectivity index (χ1) is 9.40. The van der Waals surface area contributed by atoms with Gasteiger partial charge in [-0.2, -0.15) is 0 Å². The molecule has 2 N–H and O–H groups in total. The van der Waals surface area contributed by atoms with Gasteiger partial charge in [0.2, 0.25) is 0 Å². The Morgan fingerprint density at radius 3 is 2.55 bits per heavy atom. The molecule has 20 heavy (non-hydrogen) atoms. The van der Waals surface area contributed by atoms with Crippen molar-refractivity contribution >= 4 is 33.8 Å². The molecule has 1 aromatic carbocycles. The Labute approximate surface area is 124 Å². The lowest BCUT2D eigenvalue weighted by molar-refractivity contribution is -0.148. The highest BCUT2D eigenvalue weighted by Gasteiger charge is 2.21. The van der Waals surface area contributed by atoms with E-state index in [0.29, 0.717) is 0 Å². The number of carbonyl (C=O) groups is 3. The van der Waals surface area contributed by atoms with E-state index in [1.807, 2.05) is 6.07 Å². The van der Waals surface area contributed by atoms with Crippen molar-refractivity contribution in [3.05, 3.63) is 34.3 Å². The van der Waals surface area contributed by atoms with E-state index >= 15 is 0 Å². The summed E-state index contributed by atoms with van der Waals surface area (Å²) in [6, 6.07) is 6.05. The van der Waals surface area contributed by atoms with Crippen molar-refractivity contribution in [3.8, 4) is 0 Å².